The fourth-order valence-corrected chi connectivity index (χ4v) is 5.75. The van der Waals surface area contributed by atoms with E-state index in [1.54, 1.807) is 13.0 Å². The van der Waals surface area contributed by atoms with Crippen LogP contribution >= 0.6 is 11.3 Å². The van der Waals surface area contributed by atoms with E-state index in [2.05, 4.69) is 10.5 Å². The van der Waals surface area contributed by atoms with E-state index in [1.807, 2.05) is 24.3 Å². The van der Waals surface area contributed by atoms with E-state index in [9.17, 15) is 13.2 Å². The van der Waals surface area contributed by atoms with Crippen LogP contribution in [0.3, 0.4) is 0 Å². The maximum Gasteiger partial charge on any atom is 0.267 e. The topological polar surface area (TPSA) is 92.5 Å². The summed E-state index contributed by atoms with van der Waals surface area (Å²) in [6.07, 6.45) is 1.62. The minimum absolute atomic E-state index is 0.116. The molecule has 1 N–H and O–H groups in total. The second-order valence-corrected chi connectivity index (χ2v) is 9.01. The number of thiophene rings is 1. The summed E-state index contributed by atoms with van der Waals surface area (Å²) in [5, 5.41) is 7.80. The molecule has 4 rings (SSSR count). The number of para-hydroxylation sites is 1. The number of benzene rings is 1. The van der Waals surface area contributed by atoms with Crippen molar-refractivity contribution in [3.8, 4) is 0 Å². The first-order valence-electron chi connectivity index (χ1n) is 8.39. The molecule has 3 heterocycles. The smallest absolute Gasteiger partial charge is 0.267 e. The molecule has 1 aliphatic rings. The van der Waals surface area contributed by atoms with Crippen LogP contribution in [0, 0.1) is 6.92 Å². The lowest BCUT2D eigenvalue weighted by molar-refractivity contribution is 0.102. The Morgan fingerprint density at radius 2 is 2.11 bits per heavy atom. The van der Waals surface area contributed by atoms with Gasteiger partial charge in [-0.2, -0.15) is 0 Å². The molecule has 0 radical (unpaired) electrons. The highest BCUT2D eigenvalue weighted by atomic mass is 32.2. The highest BCUT2D eigenvalue weighted by Crippen LogP contribution is 2.33. The average Bonchev–Trinajstić information content (AvgIpc) is 3.31. The number of amides is 1. The van der Waals surface area contributed by atoms with Crippen molar-refractivity contribution >= 4 is 38.8 Å². The molecule has 27 heavy (non-hydrogen) atoms. The van der Waals surface area contributed by atoms with Crippen LogP contribution in [0.1, 0.15) is 27.4 Å². The van der Waals surface area contributed by atoms with Crippen LogP contribution in [0.25, 0.3) is 0 Å². The summed E-state index contributed by atoms with van der Waals surface area (Å²) in [7, 11) is -3.73. The zero-order valence-corrected chi connectivity index (χ0v) is 16.1. The molecule has 3 aromatic rings. The quantitative estimate of drug-likeness (QED) is 0.720. The number of anilines is 2. The number of carbonyl (C=O) groups is 1. The number of hydrogen-bond acceptors (Lipinski definition) is 6. The molecule has 0 spiro atoms. The van der Waals surface area contributed by atoms with Gasteiger partial charge in [-0.25, -0.2) is 8.42 Å². The number of hydrogen-bond donors (Lipinski definition) is 1. The maximum atomic E-state index is 13.1. The van der Waals surface area contributed by atoms with Crippen molar-refractivity contribution in [1.29, 1.82) is 0 Å². The third kappa shape index (κ3) is 3.35. The molecular formula is C18H17N3O4S2. The van der Waals surface area contributed by atoms with E-state index in [-0.39, 0.29) is 4.90 Å². The van der Waals surface area contributed by atoms with Gasteiger partial charge in [0.25, 0.3) is 15.9 Å². The summed E-state index contributed by atoms with van der Waals surface area (Å²) in [6.45, 7) is 2.14. The van der Waals surface area contributed by atoms with Crippen LogP contribution < -0.4 is 9.62 Å². The number of rotatable bonds is 4. The molecule has 1 amide bonds. The van der Waals surface area contributed by atoms with E-state index < -0.39 is 15.9 Å². The lowest BCUT2D eigenvalue weighted by Gasteiger charge is -2.30. The Bertz CT molecular complexity index is 1100. The number of sulfonamides is 1. The summed E-state index contributed by atoms with van der Waals surface area (Å²) < 4.78 is 32.6. The Kier molecular flexibility index (Phi) is 4.48. The van der Waals surface area contributed by atoms with Gasteiger partial charge in [-0.05, 0) is 37.5 Å². The molecule has 2 aromatic heterocycles. The number of nitrogens with zero attached hydrogens (tertiary/aromatic N) is 2. The summed E-state index contributed by atoms with van der Waals surface area (Å²) in [5.41, 5.74) is 1.72. The largest absolute Gasteiger partial charge is 0.360 e. The fourth-order valence-electron chi connectivity index (χ4n) is 3.05. The standard InChI is InChI=1S/C18H17N3O4S2/c1-12-9-17(20-25-12)19-18(22)16-10-14(11-26-16)27(23,24)21-8-4-6-13-5-2-3-7-15(13)21/h2-3,5,7,9-11H,4,6,8H2,1H3,(H,19,20,22). The summed E-state index contributed by atoms with van der Waals surface area (Å²) >= 11 is 1.08. The average molecular weight is 403 g/mol. The molecule has 0 unspecified atom stereocenters. The third-order valence-corrected chi connectivity index (χ3v) is 7.19. The molecule has 0 aliphatic carbocycles. The van der Waals surface area contributed by atoms with Crippen molar-refractivity contribution in [2.75, 3.05) is 16.2 Å². The molecule has 1 aliphatic heterocycles. The predicted octanol–water partition coefficient (Wildman–Crippen LogP) is 3.44. The lowest BCUT2D eigenvalue weighted by atomic mass is 10.0. The predicted molar refractivity (Wildman–Crippen MR) is 103 cm³/mol. The van der Waals surface area contributed by atoms with E-state index in [0.717, 1.165) is 29.7 Å². The van der Waals surface area contributed by atoms with Crippen molar-refractivity contribution in [3.63, 3.8) is 0 Å². The first-order valence-corrected chi connectivity index (χ1v) is 10.7. The van der Waals surface area contributed by atoms with Gasteiger partial charge in [-0.1, -0.05) is 23.4 Å². The highest BCUT2D eigenvalue weighted by Gasteiger charge is 2.30. The van der Waals surface area contributed by atoms with Gasteiger partial charge in [0.15, 0.2) is 5.82 Å². The van der Waals surface area contributed by atoms with Crippen LogP contribution in [-0.4, -0.2) is 26.0 Å². The van der Waals surface area contributed by atoms with Crippen molar-refractivity contribution in [1.82, 2.24) is 5.16 Å². The molecule has 0 saturated heterocycles. The number of aromatic nitrogens is 1. The lowest BCUT2D eigenvalue weighted by Crippen LogP contribution is -2.35. The Morgan fingerprint density at radius 3 is 2.89 bits per heavy atom. The molecule has 0 atom stereocenters. The van der Waals surface area contributed by atoms with Crippen LogP contribution in [0.4, 0.5) is 11.5 Å². The number of nitrogens with one attached hydrogen (secondary N) is 1. The zero-order chi connectivity index (χ0) is 19.0. The summed E-state index contributed by atoms with van der Waals surface area (Å²) in [6, 6.07) is 10.5. The Hall–Kier alpha value is -2.65. The van der Waals surface area contributed by atoms with Gasteiger partial charge in [0.1, 0.15) is 5.76 Å². The van der Waals surface area contributed by atoms with Crippen molar-refractivity contribution in [2.24, 2.45) is 0 Å². The third-order valence-electron chi connectivity index (χ3n) is 4.32. The van der Waals surface area contributed by atoms with Gasteiger partial charge in [-0.3, -0.25) is 9.10 Å². The maximum absolute atomic E-state index is 13.1. The monoisotopic (exact) mass is 403 g/mol. The molecule has 0 fully saturated rings. The van der Waals surface area contributed by atoms with Gasteiger partial charge in [0.05, 0.1) is 15.5 Å². The van der Waals surface area contributed by atoms with E-state index in [1.165, 1.54) is 15.8 Å². The van der Waals surface area contributed by atoms with E-state index >= 15 is 0 Å². The van der Waals surface area contributed by atoms with Crippen molar-refractivity contribution < 1.29 is 17.7 Å². The molecule has 1 aromatic carbocycles. The molecular weight excluding hydrogens is 386 g/mol. The van der Waals surface area contributed by atoms with Gasteiger partial charge in [-0.15, -0.1) is 11.3 Å². The number of fused-ring (bicyclic) bond motifs is 1. The van der Waals surface area contributed by atoms with Crippen LogP contribution in [0.2, 0.25) is 0 Å². The normalized spacial score (nSPS) is 14.0. The molecule has 7 nitrogen and oxygen atoms in total. The second kappa shape index (κ2) is 6.82. The van der Waals surface area contributed by atoms with Crippen LogP contribution in [0.5, 0.6) is 0 Å². The fraction of sp³-hybridized carbons (Fsp3) is 0.222. The van der Waals surface area contributed by atoms with Gasteiger partial charge in [0.2, 0.25) is 0 Å². The Morgan fingerprint density at radius 1 is 1.30 bits per heavy atom. The Labute approximate surface area is 160 Å². The van der Waals surface area contributed by atoms with Gasteiger partial charge >= 0.3 is 0 Å². The number of aryl methyl sites for hydroxylation is 2. The second-order valence-electron chi connectivity index (χ2n) is 6.23. The minimum atomic E-state index is -3.73. The van der Waals surface area contributed by atoms with E-state index in [0.29, 0.717) is 28.7 Å². The van der Waals surface area contributed by atoms with E-state index in [4.69, 9.17) is 4.52 Å². The first kappa shape index (κ1) is 17.7. The Balaban J connectivity index is 1.60. The van der Waals surface area contributed by atoms with Crippen LogP contribution in [-0.2, 0) is 16.4 Å². The van der Waals surface area contributed by atoms with Crippen molar-refractivity contribution in [2.45, 2.75) is 24.7 Å². The number of carbonyl (C=O) groups excluding carboxylic acids is 1. The zero-order valence-electron chi connectivity index (χ0n) is 14.5. The minimum Gasteiger partial charge on any atom is -0.360 e. The molecule has 0 bridgehead atoms. The summed E-state index contributed by atoms with van der Waals surface area (Å²) in [4.78, 5) is 12.8. The SMILES string of the molecule is Cc1cc(NC(=O)c2cc(S(=O)(=O)N3CCCc4ccccc43)cs2)no1. The van der Waals surface area contributed by atoms with Gasteiger partial charge in [0, 0.05) is 18.0 Å². The molecule has 140 valence electrons. The van der Waals surface area contributed by atoms with Crippen molar-refractivity contribution in [3.05, 3.63) is 58.0 Å². The van der Waals surface area contributed by atoms with Crippen LogP contribution in [0.15, 0.2) is 51.2 Å². The highest BCUT2D eigenvalue weighted by molar-refractivity contribution is 7.93. The molecule has 9 heteroatoms. The first-order chi connectivity index (χ1) is 12.9. The van der Waals surface area contributed by atoms with Gasteiger partial charge < -0.3 is 9.84 Å². The molecule has 0 saturated carbocycles. The summed E-state index contributed by atoms with van der Waals surface area (Å²) in [5.74, 6) is 0.442.